The summed E-state index contributed by atoms with van der Waals surface area (Å²) in [5, 5.41) is 12.1. The molecule has 1 atom stereocenters. The largest absolute Gasteiger partial charge is 0.488 e. The molecule has 1 amide bonds. The molecule has 150 valence electrons. The Labute approximate surface area is 166 Å². The molecule has 2 aromatic rings. The van der Waals surface area contributed by atoms with Gasteiger partial charge in [0.1, 0.15) is 12.4 Å². The van der Waals surface area contributed by atoms with Crippen molar-refractivity contribution in [3.63, 3.8) is 0 Å². The van der Waals surface area contributed by atoms with Crippen molar-refractivity contribution in [1.29, 1.82) is 0 Å². The maximum absolute atomic E-state index is 12.8. The average Bonchev–Trinajstić information content (AvgIpc) is 2.60. The Balaban J connectivity index is 2.18. The van der Waals surface area contributed by atoms with Crippen LogP contribution in [0.15, 0.2) is 36.7 Å². The zero-order valence-corrected chi connectivity index (χ0v) is 17.1. The molecule has 0 fully saturated rings. The second-order valence-electron chi connectivity index (χ2n) is 7.69. The summed E-state index contributed by atoms with van der Waals surface area (Å²) in [5.41, 5.74) is 2.31. The molecule has 1 unspecified atom stereocenters. The van der Waals surface area contributed by atoms with Crippen molar-refractivity contribution in [1.82, 2.24) is 10.3 Å². The molecule has 0 aliphatic rings. The lowest BCUT2D eigenvalue weighted by Gasteiger charge is -2.33. The summed E-state index contributed by atoms with van der Waals surface area (Å²) < 4.78 is 5.93. The molecule has 1 aromatic heterocycles. The van der Waals surface area contributed by atoms with Crippen LogP contribution in [0.5, 0.6) is 5.75 Å². The predicted octanol–water partition coefficient (Wildman–Crippen LogP) is 3.90. The van der Waals surface area contributed by atoms with E-state index >= 15 is 0 Å². The number of nitrogens with one attached hydrogen (secondary N) is 1. The highest BCUT2D eigenvalue weighted by molar-refractivity contribution is 5.95. The van der Waals surface area contributed by atoms with E-state index in [9.17, 15) is 14.7 Å². The van der Waals surface area contributed by atoms with Crippen molar-refractivity contribution in [2.45, 2.75) is 53.2 Å². The van der Waals surface area contributed by atoms with E-state index in [0.717, 1.165) is 22.4 Å². The third-order valence-corrected chi connectivity index (χ3v) is 5.02. The number of amides is 1. The van der Waals surface area contributed by atoms with Crippen molar-refractivity contribution < 1.29 is 19.4 Å². The zero-order valence-electron chi connectivity index (χ0n) is 17.1. The van der Waals surface area contributed by atoms with Gasteiger partial charge >= 0.3 is 5.97 Å². The number of carbonyl (C=O) groups is 2. The van der Waals surface area contributed by atoms with Crippen LogP contribution in [-0.2, 0) is 11.4 Å². The van der Waals surface area contributed by atoms with Gasteiger partial charge in [0, 0.05) is 23.5 Å². The highest BCUT2D eigenvalue weighted by Crippen LogP contribution is 2.27. The highest BCUT2D eigenvalue weighted by atomic mass is 16.5. The fourth-order valence-corrected chi connectivity index (χ4v) is 2.99. The van der Waals surface area contributed by atoms with Crippen molar-refractivity contribution in [2.75, 3.05) is 0 Å². The number of benzene rings is 1. The maximum Gasteiger partial charge on any atom is 0.305 e. The summed E-state index contributed by atoms with van der Waals surface area (Å²) in [6.07, 6.45) is 3.32. The van der Waals surface area contributed by atoms with E-state index in [4.69, 9.17) is 4.74 Å². The third kappa shape index (κ3) is 5.31. The molecule has 0 radical (unpaired) electrons. The van der Waals surface area contributed by atoms with E-state index in [0.29, 0.717) is 12.2 Å². The van der Waals surface area contributed by atoms with Gasteiger partial charge in [0.05, 0.1) is 12.0 Å². The zero-order chi connectivity index (χ0) is 20.9. The first-order valence-corrected chi connectivity index (χ1v) is 9.29. The Morgan fingerprint density at radius 2 is 1.89 bits per heavy atom. The smallest absolute Gasteiger partial charge is 0.305 e. The number of carbonyl (C=O) groups excluding carboxylic acids is 1. The number of carboxylic acids is 1. The lowest BCUT2D eigenvalue weighted by atomic mass is 9.85. The van der Waals surface area contributed by atoms with Crippen LogP contribution in [0.2, 0.25) is 0 Å². The van der Waals surface area contributed by atoms with Gasteiger partial charge in [-0.1, -0.05) is 19.9 Å². The maximum atomic E-state index is 12.8. The molecule has 0 saturated carbocycles. The minimum absolute atomic E-state index is 0.0307. The Bertz CT molecular complexity index is 826. The predicted molar refractivity (Wildman–Crippen MR) is 107 cm³/mol. The van der Waals surface area contributed by atoms with Gasteiger partial charge in [0.15, 0.2) is 0 Å². The number of rotatable bonds is 8. The number of hydrogen-bond donors (Lipinski definition) is 2. The molecule has 1 aromatic carbocycles. The first-order valence-electron chi connectivity index (χ1n) is 9.29. The van der Waals surface area contributed by atoms with E-state index in [1.807, 2.05) is 39.8 Å². The van der Waals surface area contributed by atoms with Crippen LogP contribution < -0.4 is 10.1 Å². The normalized spacial score (nSPS) is 13.1. The van der Waals surface area contributed by atoms with Gasteiger partial charge in [0.25, 0.3) is 5.91 Å². The first kappa shape index (κ1) is 21.4. The van der Waals surface area contributed by atoms with Gasteiger partial charge in [-0.05, 0) is 56.0 Å². The van der Waals surface area contributed by atoms with E-state index in [2.05, 4.69) is 10.3 Å². The molecule has 0 bridgehead atoms. The summed E-state index contributed by atoms with van der Waals surface area (Å²) in [7, 11) is 0. The monoisotopic (exact) mass is 384 g/mol. The summed E-state index contributed by atoms with van der Waals surface area (Å²) in [4.78, 5) is 28.1. The van der Waals surface area contributed by atoms with Crippen LogP contribution in [0.4, 0.5) is 0 Å². The van der Waals surface area contributed by atoms with Crippen LogP contribution in [-0.4, -0.2) is 27.5 Å². The molecule has 6 heteroatoms. The fraction of sp³-hybridized carbons (Fsp3) is 0.409. The lowest BCUT2D eigenvalue weighted by Crippen LogP contribution is -2.51. The molecular weight excluding hydrogens is 356 g/mol. The van der Waals surface area contributed by atoms with Gasteiger partial charge < -0.3 is 15.2 Å². The van der Waals surface area contributed by atoms with Crippen molar-refractivity contribution >= 4 is 11.9 Å². The van der Waals surface area contributed by atoms with Crippen LogP contribution in [0.25, 0.3) is 0 Å². The minimum atomic E-state index is -0.942. The molecule has 1 heterocycles. The Hall–Kier alpha value is -2.89. The summed E-state index contributed by atoms with van der Waals surface area (Å²) in [5.74, 6) is -0.528. The molecule has 0 saturated heterocycles. The third-order valence-electron chi connectivity index (χ3n) is 5.02. The summed E-state index contributed by atoms with van der Waals surface area (Å²) in [6, 6.07) is 7.33. The Morgan fingerprint density at radius 3 is 2.39 bits per heavy atom. The van der Waals surface area contributed by atoms with E-state index in [1.165, 1.54) is 0 Å². The topological polar surface area (TPSA) is 88.5 Å². The van der Waals surface area contributed by atoms with Crippen LogP contribution in [0.3, 0.4) is 0 Å². The number of nitrogens with zero attached hydrogens (tertiary/aromatic N) is 1. The number of pyridine rings is 1. The van der Waals surface area contributed by atoms with Crippen molar-refractivity contribution in [2.24, 2.45) is 5.92 Å². The Morgan fingerprint density at radius 1 is 1.25 bits per heavy atom. The fourth-order valence-electron chi connectivity index (χ4n) is 2.99. The van der Waals surface area contributed by atoms with E-state index < -0.39 is 11.5 Å². The van der Waals surface area contributed by atoms with Crippen molar-refractivity contribution in [3.8, 4) is 5.75 Å². The van der Waals surface area contributed by atoms with Crippen molar-refractivity contribution in [3.05, 3.63) is 58.9 Å². The molecule has 0 spiro atoms. The van der Waals surface area contributed by atoms with Gasteiger partial charge in [-0.2, -0.15) is 0 Å². The minimum Gasteiger partial charge on any atom is -0.488 e. The number of aromatic nitrogens is 1. The molecule has 2 rings (SSSR count). The van der Waals surface area contributed by atoms with Crippen LogP contribution >= 0.6 is 0 Å². The highest BCUT2D eigenvalue weighted by Gasteiger charge is 2.33. The number of aliphatic carboxylic acids is 1. The second kappa shape index (κ2) is 8.87. The van der Waals surface area contributed by atoms with E-state index in [1.54, 1.807) is 31.5 Å². The summed E-state index contributed by atoms with van der Waals surface area (Å²) in [6.45, 7) is 9.73. The molecule has 0 aliphatic heterocycles. The molecule has 2 N–H and O–H groups in total. The van der Waals surface area contributed by atoms with Gasteiger partial charge in [-0.15, -0.1) is 0 Å². The SMILES string of the molecule is Cc1cc(C(=O)NC(C)(CC(=O)O)C(C)C)cc(C)c1OCc1cccnc1. The van der Waals surface area contributed by atoms with Crippen LogP contribution in [0.1, 0.15) is 54.2 Å². The Kier molecular flexibility index (Phi) is 6.78. The molecular formula is C22H28N2O4. The molecule has 0 aliphatic carbocycles. The average molecular weight is 384 g/mol. The van der Waals surface area contributed by atoms with Gasteiger partial charge in [-0.3, -0.25) is 14.6 Å². The second-order valence-corrected chi connectivity index (χ2v) is 7.69. The van der Waals surface area contributed by atoms with Gasteiger partial charge in [-0.25, -0.2) is 0 Å². The number of aryl methyl sites for hydroxylation is 2. The first-order chi connectivity index (χ1) is 13.1. The number of hydrogen-bond acceptors (Lipinski definition) is 4. The standard InChI is InChI=1S/C22H28N2O4/c1-14(2)22(5,11-19(25)26)24-21(27)18-9-15(3)20(16(4)10-18)28-13-17-7-6-8-23-12-17/h6-10,12,14H,11,13H2,1-5H3,(H,24,27)(H,25,26). The molecule has 28 heavy (non-hydrogen) atoms. The number of carboxylic acid groups (broad SMARTS) is 1. The quantitative estimate of drug-likeness (QED) is 0.721. The summed E-state index contributed by atoms with van der Waals surface area (Å²) >= 11 is 0. The molecule has 6 nitrogen and oxygen atoms in total. The van der Waals surface area contributed by atoms with E-state index in [-0.39, 0.29) is 18.2 Å². The van der Waals surface area contributed by atoms with Crippen LogP contribution in [0, 0.1) is 19.8 Å². The number of ether oxygens (including phenoxy) is 1. The van der Waals surface area contributed by atoms with Gasteiger partial charge in [0.2, 0.25) is 0 Å². The lowest BCUT2D eigenvalue weighted by molar-refractivity contribution is -0.138.